The highest BCUT2D eigenvalue weighted by atomic mass is 16.5. The maximum absolute atomic E-state index is 11.5. The summed E-state index contributed by atoms with van der Waals surface area (Å²) in [6.07, 6.45) is 3.27. The van der Waals surface area contributed by atoms with Crippen LogP contribution in [0.25, 0.3) is 0 Å². The van der Waals surface area contributed by atoms with Crippen LogP contribution in [-0.2, 0) is 9.53 Å². The van der Waals surface area contributed by atoms with E-state index in [1.165, 1.54) is 0 Å². The van der Waals surface area contributed by atoms with Crippen molar-refractivity contribution >= 4 is 5.91 Å². The van der Waals surface area contributed by atoms with Crippen molar-refractivity contribution in [3.05, 3.63) is 0 Å². The third kappa shape index (κ3) is 1.04. The summed E-state index contributed by atoms with van der Waals surface area (Å²) in [5.41, 5.74) is -0.117. The Morgan fingerprint density at radius 1 is 1.75 bits per heavy atom. The predicted octanol–water partition coefficient (Wildman–Crippen LogP) is 0.692. The van der Waals surface area contributed by atoms with E-state index in [4.69, 9.17) is 4.74 Å². The Morgan fingerprint density at radius 3 is 3.25 bits per heavy atom. The minimum Gasteiger partial charge on any atom is -0.377 e. The van der Waals surface area contributed by atoms with Crippen LogP contribution in [0.1, 0.15) is 26.2 Å². The first-order valence-electron chi connectivity index (χ1n) is 4.69. The van der Waals surface area contributed by atoms with Gasteiger partial charge in [0.1, 0.15) is 0 Å². The number of piperidine rings is 1. The van der Waals surface area contributed by atoms with Crippen molar-refractivity contribution in [2.75, 3.05) is 13.2 Å². The quantitative estimate of drug-likeness (QED) is 0.660. The molecule has 2 fully saturated rings. The molecule has 1 saturated carbocycles. The van der Waals surface area contributed by atoms with E-state index < -0.39 is 0 Å². The summed E-state index contributed by atoms with van der Waals surface area (Å²) in [5, 5.41) is 2.90. The van der Waals surface area contributed by atoms with Crippen molar-refractivity contribution in [2.24, 2.45) is 5.41 Å². The van der Waals surface area contributed by atoms with Gasteiger partial charge < -0.3 is 10.1 Å². The smallest absolute Gasteiger partial charge is 0.228 e. The van der Waals surface area contributed by atoms with Crippen molar-refractivity contribution in [2.45, 2.75) is 32.3 Å². The molecule has 68 valence electrons. The zero-order valence-corrected chi connectivity index (χ0v) is 7.43. The van der Waals surface area contributed by atoms with E-state index in [9.17, 15) is 4.79 Å². The zero-order chi connectivity index (χ0) is 8.60. The Balaban J connectivity index is 1.98. The molecular weight excluding hydrogens is 154 g/mol. The van der Waals surface area contributed by atoms with Gasteiger partial charge in [0.15, 0.2) is 0 Å². The molecule has 12 heavy (non-hydrogen) atoms. The number of ether oxygens (including phenoxy) is 1. The molecule has 0 aromatic carbocycles. The number of amides is 1. The second-order valence-electron chi connectivity index (χ2n) is 3.66. The summed E-state index contributed by atoms with van der Waals surface area (Å²) < 4.78 is 5.46. The van der Waals surface area contributed by atoms with Gasteiger partial charge in [0.25, 0.3) is 0 Å². The molecule has 0 aromatic rings. The first kappa shape index (κ1) is 8.05. The highest BCUT2D eigenvalue weighted by Crippen LogP contribution is 2.53. The van der Waals surface area contributed by atoms with Gasteiger partial charge in [-0.15, -0.1) is 0 Å². The van der Waals surface area contributed by atoms with Crippen LogP contribution in [0.5, 0.6) is 0 Å². The second kappa shape index (κ2) is 2.73. The lowest BCUT2D eigenvalue weighted by Crippen LogP contribution is -2.40. The molecule has 0 bridgehead atoms. The number of nitrogens with one attached hydrogen (secondary N) is 1. The topological polar surface area (TPSA) is 38.3 Å². The fraction of sp³-hybridized carbons (Fsp3) is 0.889. The van der Waals surface area contributed by atoms with Crippen LogP contribution in [0.15, 0.2) is 0 Å². The summed E-state index contributed by atoms with van der Waals surface area (Å²) in [7, 11) is 0. The molecule has 0 radical (unpaired) electrons. The molecule has 0 aromatic heterocycles. The molecule has 1 spiro atoms. The highest BCUT2D eigenvalue weighted by Gasteiger charge is 2.61. The van der Waals surface area contributed by atoms with Gasteiger partial charge in [-0.1, -0.05) is 0 Å². The fourth-order valence-electron chi connectivity index (χ4n) is 2.09. The summed E-state index contributed by atoms with van der Waals surface area (Å²) in [5.74, 6) is 0.215. The minimum atomic E-state index is -0.117. The van der Waals surface area contributed by atoms with Crippen molar-refractivity contribution in [3.8, 4) is 0 Å². The number of carbonyl (C=O) groups excluding carboxylic acids is 1. The lowest BCUT2D eigenvalue weighted by Gasteiger charge is -2.22. The lowest BCUT2D eigenvalue weighted by molar-refractivity contribution is -0.130. The molecule has 2 atom stereocenters. The van der Waals surface area contributed by atoms with Gasteiger partial charge in [-0.2, -0.15) is 0 Å². The maximum Gasteiger partial charge on any atom is 0.228 e. The number of hydrogen-bond acceptors (Lipinski definition) is 2. The molecular formula is C9H15NO2. The first-order valence-corrected chi connectivity index (χ1v) is 4.69. The highest BCUT2D eigenvalue weighted by molar-refractivity contribution is 5.87. The summed E-state index contributed by atoms with van der Waals surface area (Å²) >= 11 is 0. The maximum atomic E-state index is 11.5. The van der Waals surface area contributed by atoms with Gasteiger partial charge in [-0.05, 0) is 26.2 Å². The average molecular weight is 169 g/mol. The Morgan fingerprint density at radius 2 is 2.58 bits per heavy atom. The molecule has 2 rings (SSSR count). The van der Waals surface area contributed by atoms with Crippen LogP contribution in [-0.4, -0.2) is 25.2 Å². The molecule has 1 aliphatic carbocycles. The van der Waals surface area contributed by atoms with Gasteiger partial charge in [0.05, 0.1) is 11.5 Å². The molecule has 1 aliphatic heterocycles. The molecule has 1 heterocycles. The van der Waals surface area contributed by atoms with E-state index in [0.29, 0.717) is 0 Å². The summed E-state index contributed by atoms with van der Waals surface area (Å²) in [6.45, 7) is 3.55. The van der Waals surface area contributed by atoms with Crippen molar-refractivity contribution in [1.29, 1.82) is 0 Å². The Bertz CT molecular complexity index is 205. The third-order valence-corrected chi connectivity index (χ3v) is 2.91. The lowest BCUT2D eigenvalue weighted by atomic mass is 9.95. The van der Waals surface area contributed by atoms with Crippen LogP contribution in [0.2, 0.25) is 0 Å². The van der Waals surface area contributed by atoms with E-state index in [0.717, 1.165) is 32.4 Å². The minimum absolute atomic E-state index is 0.117. The molecule has 3 heteroatoms. The van der Waals surface area contributed by atoms with Gasteiger partial charge in [-0.3, -0.25) is 4.79 Å². The van der Waals surface area contributed by atoms with Gasteiger partial charge in [0, 0.05) is 13.2 Å². The standard InChI is InChI=1S/C9H15NO2/c1-2-12-7-6-9(7)4-3-5-10-8(9)11/h7H,2-6H2,1H3,(H,10,11). The van der Waals surface area contributed by atoms with E-state index >= 15 is 0 Å². The summed E-state index contributed by atoms with van der Waals surface area (Å²) in [4.78, 5) is 11.5. The number of carbonyl (C=O) groups is 1. The van der Waals surface area contributed by atoms with Crippen molar-refractivity contribution in [3.63, 3.8) is 0 Å². The van der Waals surface area contributed by atoms with Crippen LogP contribution < -0.4 is 5.32 Å². The molecule has 1 N–H and O–H groups in total. The third-order valence-electron chi connectivity index (χ3n) is 2.91. The summed E-state index contributed by atoms with van der Waals surface area (Å²) in [6, 6.07) is 0. The van der Waals surface area contributed by atoms with Crippen LogP contribution in [0.4, 0.5) is 0 Å². The first-order chi connectivity index (χ1) is 5.79. The van der Waals surface area contributed by atoms with Crippen molar-refractivity contribution in [1.82, 2.24) is 5.32 Å². The molecule has 3 nitrogen and oxygen atoms in total. The van der Waals surface area contributed by atoms with Crippen LogP contribution in [0, 0.1) is 5.41 Å². The van der Waals surface area contributed by atoms with Gasteiger partial charge in [-0.25, -0.2) is 0 Å². The van der Waals surface area contributed by atoms with Crippen molar-refractivity contribution < 1.29 is 9.53 Å². The van der Waals surface area contributed by atoms with Crippen LogP contribution in [0.3, 0.4) is 0 Å². The molecule has 2 aliphatic rings. The number of rotatable bonds is 2. The Hall–Kier alpha value is -0.570. The monoisotopic (exact) mass is 169 g/mol. The van der Waals surface area contributed by atoms with E-state index in [2.05, 4.69) is 5.32 Å². The fourth-order valence-corrected chi connectivity index (χ4v) is 2.09. The van der Waals surface area contributed by atoms with Crippen LogP contribution >= 0.6 is 0 Å². The van der Waals surface area contributed by atoms with E-state index in [1.807, 2.05) is 6.92 Å². The van der Waals surface area contributed by atoms with E-state index in [-0.39, 0.29) is 17.4 Å². The zero-order valence-electron chi connectivity index (χ0n) is 7.43. The van der Waals surface area contributed by atoms with Gasteiger partial charge >= 0.3 is 0 Å². The molecule has 2 unspecified atom stereocenters. The normalized spacial score (nSPS) is 39.8. The second-order valence-corrected chi connectivity index (χ2v) is 3.66. The molecule has 1 saturated heterocycles. The Labute approximate surface area is 72.5 Å². The van der Waals surface area contributed by atoms with Gasteiger partial charge in [0.2, 0.25) is 5.91 Å². The SMILES string of the molecule is CCOC1CC12CCCNC2=O. The van der Waals surface area contributed by atoms with E-state index in [1.54, 1.807) is 0 Å². The largest absolute Gasteiger partial charge is 0.377 e. The molecule has 1 amide bonds. The Kier molecular flexibility index (Phi) is 1.83. The number of hydrogen-bond donors (Lipinski definition) is 1. The average Bonchev–Trinajstić information content (AvgIpc) is 2.73. The predicted molar refractivity (Wildman–Crippen MR) is 44.7 cm³/mol.